The zero-order chi connectivity index (χ0) is 20.1. The van der Waals surface area contributed by atoms with E-state index in [2.05, 4.69) is 45.2 Å². The van der Waals surface area contributed by atoms with E-state index in [0.717, 1.165) is 62.7 Å². The topological polar surface area (TPSA) is 48.5 Å². The summed E-state index contributed by atoms with van der Waals surface area (Å²) in [7, 11) is 0. The van der Waals surface area contributed by atoms with E-state index in [1.54, 1.807) is 0 Å². The van der Waals surface area contributed by atoms with Gasteiger partial charge in [-0.2, -0.15) is 0 Å². The molecule has 2 aliphatic heterocycles. The number of carbonyl (C=O) groups excluding carboxylic acids is 1. The number of hydrogen-bond donors (Lipinski definition) is 1. The molecule has 0 atom stereocenters. The normalized spacial score (nSPS) is 19.3. The summed E-state index contributed by atoms with van der Waals surface area (Å²) in [6, 6.07) is 14.4. The third kappa shape index (κ3) is 5.36. The number of likely N-dealkylation sites (tertiary alicyclic amines) is 1. The maximum atomic E-state index is 12.7. The molecule has 5 heteroatoms. The molecule has 2 fully saturated rings. The number of rotatable bonds is 5. The number of anilines is 1. The van der Waals surface area contributed by atoms with Crippen molar-refractivity contribution in [3.8, 4) is 0 Å². The lowest BCUT2D eigenvalue weighted by atomic mass is 9.98. The third-order valence-corrected chi connectivity index (χ3v) is 6.31. The Labute approximate surface area is 174 Å². The van der Waals surface area contributed by atoms with E-state index >= 15 is 0 Å². The van der Waals surface area contributed by atoms with Gasteiger partial charge in [0.1, 0.15) is 0 Å². The molecule has 0 aliphatic carbocycles. The predicted molar refractivity (Wildman–Crippen MR) is 117 cm³/mol. The second kappa shape index (κ2) is 9.40. The standard InChI is InChI=1S/C24H32N4O/c1-19-9-16-28(17-10-19)23-7-5-20(6-8-23)24(29)26-21-11-14-27(15-12-21)18-22-4-2-3-13-25-22/h2-8,13,19,21H,9-12,14-18H2,1H3,(H,26,29). The zero-order valence-electron chi connectivity index (χ0n) is 17.4. The van der Waals surface area contributed by atoms with Gasteiger partial charge in [0.2, 0.25) is 0 Å². The molecule has 1 aromatic carbocycles. The molecule has 1 amide bonds. The van der Waals surface area contributed by atoms with Crippen LogP contribution in [0.15, 0.2) is 48.7 Å². The third-order valence-electron chi connectivity index (χ3n) is 6.31. The number of pyridine rings is 1. The highest BCUT2D eigenvalue weighted by Crippen LogP contribution is 2.23. The molecule has 4 rings (SSSR count). The molecule has 0 saturated carbocycles. The van der Waals surface area contributed by atoms with E-state index in [-0.39, 0.29) is 11.9 Å². The second-order valence-electron chi connectivity index (χ2n) is 8.56. The van der Waals surface area contributed by atoms with Crippen LogP contribution in [0.4, 0.5) is 5.69 Å². The molecular formula is C24H32N4O. The molecule has 5 nitrogen and oxygen atoms in total. The van der Waals surface area contributed by atoms with Crippen molar-refractivity contribution in [3.05, 3.63) is 59.9 Å². The van der Waals surface area contributed by atoms with Crippen molar-refractivity contribution in [3.63, 3.8) is 0 Å². The van der Waals surface area contributed by atoms with Crippen LogP contribution in [0.2, 0.25) is 0 Å². The van der Waals surface area contributed by atoms with Gasteiger partial charge >= 0.3 is 0 Å². The fourth-order valence-electron chi connectivity index (χ4n) is 4.32. The van der Waals surface area contributed by atoms with Gasteiger partial charge in [-0.1, -0.05) is 13.0 Å². The van der Waals surface area contributed by atoms with E-state index < -0.39 is 0 Å². The Kier molecular flexibility index (Phi) is 6.45. The molecule has 3 heterocycles. The highest BCUT2D eigenvalue weighted by atomic mass is 16.1. The maximum Gasteiger partial charge on any atom is 0.251 e. The van der Waals surface area contributed by atoms with E-state index in [1.165, 1.54) is 18.5 Å². The van der Waals surface area contributed by atoms with Crippen LogP contribution < -0.4 is 10.2 Å². The molecule has 0 bridgehead atoms. The lowest BCUT2D eigenvalue weighted by Crippen LogP contribution is -2.44. The van der Waals surface area contributed by atoms with E-state index in [4.69, 9.17) is 0 Å². The van der Waals surface area contributed by atoms with Crippen LogP contribution in [0.25, 0.3) is 0 Å². The highest BCUT2D eigenvalue weighted by molar-refractivity contribution is 5.94. The van der Waals surface area contributed by atoms with Gasteiger partial charge in [-0.3, -0.25) is 14.7 Å². The van der Waals surface area contributed by atoms with Gasteiger partial charge in [0.05, 0.1) is 5.69 Å². The summed E-state index contributed by atoms with van der Waals surface area (Å²) in [6.07, 6.45) is 6.33. The highest BCUT2D eigenvalue weighted by Gasteiger charge is 2.22. The number of hydrogen-bond acceptors (Lipinski definition) is 4. The summed E-state index contributed by atoms with van der Waals surface area (Å²) in [5.74, 6) is 0.874. The molecule has 1 aromatic heterocycles. The predicted octanol–water partition coefficient (Wildman–Crippen LogP) is 3.71. The molecule has 1 N–H and O–H groups in total. The first-order chi connectivity index (χ1) is 14.2. The van der Waals surface area contributed by atoms with Crippen LogP contribution in [0.1, 0.15) is 48.7 Å². The molecule has 154 valence electrons. The van der Waals surface area contributed by atoms with Gasteiger partial charge in [0.15, 0.2) is 0 Å². The minimum atomic E-state index is 0.0481. The lowest BCUT2D eigenvalue weighted by molar-refractivity contribution is 0.0908. The summed E-state index contributed by atoms with van der Waals surface area (Å²) in [6.45, 7) is 7.43. The molecular weight excluding hydrogens is 360 g/mol. The monoisotopic (exact) mass is 392 g/mol. The van der Waals surface area contributed by atoms with Crippen molar-refractivity contribution >= 4 is 11.6 Å². The first-order valence-corrected chi connectivity index (χ1v) is 11.0. The molecule has 2 saturated heterocycles. The largest absolute Gasteiger partial charge is 0.372 e. The summed E-state index contributed by atoms with van der Waals surface area (Å²) in [4.78, 5) is 21.9. The molecule has 2 aromatic rings. The fraction of sp³-hybridized carbons (Fsp3) is 0.500. The minimum absolute atomic E-state index is 0.0481. The van der Waals surface area contributed by atoms with Crippen molar-refractivity contribution in [2.24, 2.45) is 5.92 Å². The minimum Gasteiger partial charge on any atom is -0.372 e. The van der Waals surface area contributed by atoms with Crippen LogP contribution in [-0.2, 0) is 6.54 Å². The maximum absolute atomic E-state index is 12.7. The molecule has 0 radical (unpaired) electrons. The Morgan fingerprint density at radius 2 is 1.72 bits per heavy atom. The van der Waals surface area contributed by atoms with E-state index in [9.17, 15) is 4.79 Å². The van der Waals surface area contributed by atoms with Crippen molar-refractivity contribution in [1.29, 1.82) is 0 Å². The fourth-order valence-corrected chi connectivity index (χ4v) is 4.32. The van der Waals surface area contributed by atoms with Crippen LogP contribution in [-0.4, -0.2) is 48.0 Å². The van der Waals surface area contributed by atoms with Crippen LogP contribution in [0, 0.1) is 5.92 Å². The van der Waals surface area contributed by atoms with Gasteiger partial charge in [0, 0.05) is 56.2 Å². The number of amides is 1. The Hall–Kier alpha value is -2.40. The van der Waals surface area contributed by atoms with Crippen molar-refractivity contribution in [1.82, 2.24) is 15.2 Å². The number of piperidine rings is 2. The molecule has 0 unspecified atom stereocenters. The Bertz CT molecular complexity index is 776. The molecule has 2 aliphatic rings. The smallest absolute Gasteiger partial charge is 0.251 e. The van der Waals surface area contributed by atoms with Crippen LogP contribution >= 0.6 is 0 Å². The summed E-state index contributed by atoms with van der Waals surface area (Å²) >= 11 is 0. The van der Waals surface area contributed by atoms with Gasteiger partial charge in [-0.15, -0.1) is 0 Å². The number of aromatic nitrogens is 1. The number of nitrogens with one attached hydrogen (secondary N) is 1. The van der Waals surface area contributed by atoms with Gasteiger partial charge in [-0.25, -0.2) is 0 Å². The quantitative estimate of drug-likeness (QED) is 0.843. The van der Waals surface area contributed by atoms with Gasteiger partial charge in [-0.05, 0) is 68.0 Å². The number of nitrogens with zero attached hydrogens (tertiary/aromatic N) is 3. The summed E-state index contributed by atoms with van der Waals surface area (Å²) in [5, 5.41) is 3.23. The molecule has 0 spiro atoms. The Balaban J connectivity index is 1.24. The average molecular weight is 393 g/mol. The first kappa shape index (κ1) is 19.9. The number of carbonyl (C=O) groups is 1. The second-order valence-corrected chi connectivity index (χ2v) is 8.56. The van der Waals surface area contributed by atoms with E-state index in [0.29, 0.717) is 0 Å². The number of benzene rings is 1. The molecule has 29 heavy (non-hydrogen) atoms. The van der Waals surface area contributed by atoms with Gasteiger partial charge < -0.3 is 10.2 Å². The zero-order valence-corrected chi connectivity index (χ0v) is 17.4. The Morgan fingerprint density at radius 1 is 1.00 bits per heavy atom. The van der Waals surface area contributed by atoms with Crippen molar-refractivity contribution in [2.45, 2.75) is 45.2 Å². The van der Waals surface area contributed by atoms with Crippen molar-refractivity contribution in [2.75, 3.05) is 31.1 Å². The van der Waals surface area contributed by atoms with Crippen LogP contribution in [0.3, 0.4) is 0 Å². The lowest BCUT2D eigenvalue weighted by Gasteiger charge is -2.32. The van der Waals surface area contributed by atoms with Crippen LogP contribution in [0.5, 0.6) is 0 Å². The summed E-state index contributed by atoms with van der Waals surface area (Å²) < 4.78 is 0. The SMILES string of the molecule is CC1CCN(c2ccc(C(=O)NC3CCN(Cc4ccccn4)CC3)cc2)CC1. The summed E-state index contributed by atoms with van der Waals surface area (Å²) in [5.41, 5.74) is 3.10. The first-order valence-electron chi connectivity index (χ1n) is 11.0. The van der Waals surface area contributed by atoms with Gasteiger partial charge in [0.25, 0.3) is 5.91 Å². The van der Waals surface area contributed by atoms with Crippen molar-refractivity contribution < 1.29 is 4.79 Å². The average Bonchev–Trinajstić information content (AvgIpc) is 2.76. The Morgan fingerprint density at radius 3 is 2.38 bits per heavy atom. The van der Waals surface area contributed by atoms with E-state index in [1.807, 2.05) is 30.5 Å².